The maximum atomic E-state index is 5.59. The molecule has 0 aliphatic carbocycles. The molecule has 0 saturated carbocycles. The van der Waals surface area contributed by atoms with Gasteiger partial charge in [0.25, 0.3) is 0 Å². The van der Waals surface area contributed by atoms with Gasteiger partial charge in [-0.05, 0) is 55.6 Å². The van der Waals surface area contributed by atoms with Gasteiger partial charge in [-0.25, -0.2) is 0 Å². The van der Waals surface area contributed by atoms with Crippen molar-refractivity contribution in [3.05, 3.63) is 29.3 Å². The molecule has 0 saturated heterocycles. The fourth-order valence-electron chi connectivity index (χ4n) is 2.22. The molecule has 3 heteroatoms. The highest BCUT2D eigenvalue weighted by atomic mass is 16.5. The Kier molecular flexibility index (Phi) is 5.02. The lowest BCUT2D eigenvalue weighted by atomic mass is 10.1. The number of fused-ring (bicyclic) bond motifs is 1. The van der Waals surface area contributed by atoms with Crippen molar-refractivity contribution in [2.45, 2.75) is 26.2 Å². The molecule has 0 amide bonds. The van der Waals surface area contributed by atoms with Crippen molar-refractivity contribution in [1.82, 2.24) is 5.32 Å². The SMILES string of the molecule is CC(CN)CCNCCc1ccc2c(c1)CCO2. The molecular formula is C15H24N2O. The van der Waals surface area contributed by atoms with Crippen molar-refractivity contribution >= 4 is 0 Å². The third-order valence-corrected chi connectivity index (χ3v) is 3.56. The number of ether oxygens (including phenoxy) is 1. The largest absolute Gasteiger partial charge is 0.493 e. The van der Waals surface area contributed by atoms with Gasteiger partial charge in [0.05, 0.1) is 6.61 Å². The average molecular weight is 248 g/mol. The van der Waals surface area contributed by atoms with Crippen molar-refractivity contribution in [1.29, 1.82) is 0 Å². The second-order valence-corrected chi connectivity index (χ2v) is 5.17. The fraction of sp³-hybridized carbons (Fsp3) is 0.600. The van der Waals surface area contributed by atoms with Gasteiger partial charge in [0.2, 0.25) is 0 Å². The molecule has 0 fully saturated rings. The standard InChI is InChI=1S/C15H24N2O/c1-12(11-16)4-7-17-8-5-13-2-3-15-14(10-13)6-9-18-15/h2-3,10,12,17H,4-9,11,16H2,1H3. The Balaban J connectivity index is 1.68. The number of rotatable bonds is 7. The summed E-state index contributed by atoms with van der Waals surface area (Å²) in [6.45, 7) is 5.92. The van der Waals surface area contributed by atoms with Crippen molar-refractivity contribution in [2.75, 3.05) is 26.2 Å². The first-order chi connectivity index (χ1) is 8.79. The molecule has 1 aliphatic heterocycles. The van der Waals surface area contributed by atoms with Gasteiger partial charge in [0.1, 0.15) is 5.75 Å². The number of nitrogens with one attached hydrogen (secondary N) is 1. The quantitative estimate of drug-likeness (QED) is 0.723. The van der Waals surface area contributed by atoms with Crippen LogP contribution in [0.15, 0.2) is 18.2 Å². The lowest BCUT2D eigenvalue weighted by Gasteiger charge is -2.09. The molecule has 1 heterocycles. The first kappa shape index (κ1) is 13.4. The zero-order chi connectivity index (χ0) is 12.8. The maximum absolute atomic E-state index is 5.59. The van der Waals surface area contributed by atoms with Crippen LogP contribution < -0.4 is 15.8 Å². The summed E-state index contributed by atoms with van der Waals surface area (Å²) in [5, 5.41) is 3.48. The Hall–Kier alpha value is -1.06. The molecule has 0 bridgehead atoms. The van der Waals surface area contributed by atoms with E-state index in [4.69, 9.17) is 10.5 Å². The van der Waals surface area contributed by atoms with Crippen LogP contribution >= 0.6 is 0 Å². The van der Waals surface area contributed by atoms with Gasteiger partial charge in [0.15, 0.2) is 0 Å². The van der Waals surface area contributed by atoms with E-state index in [9.17, 15) is 0 Å². The number of benzene rings is 1. The Morgan fingerprint density at radius 1 is 1.39 bits per heavy atom. The van der Waals surface area contributed by atoms with Gasteiger partial charge >= 0.3 is 0 Å². The van der Waals surface area contributed by atoms with Crippen LogP contribution in [0.5, 0.6) is 5.75 Å². The Labute approximate surface area is 110 Å². The molecule has 100 valence electrons. The first-order valence-electron chi connectivity index (χ1n) is 6.95. The van der Waals surface area contributed by atoms with E-state index in [1.54, 1.807) is 0 Å². The summed E-state index contributed by atoms with van der Waals surface area (Å²) in [6, 6.07) is 6.56. The summed E-state index contributed by atoms with van der Waals surface area (Å²) in [5.41, 5.74) is 8.36. The molecule has 1 aromatic carbocycles. The molecule has 3 N–H and O–H groups in total. The van der Waals surface area contributed by atoms with Crippen LogP contribution in [0.25, 0.3) is 0 Å². The van der Waals surface area contributed by atoms with E-state index in [2.05, 4.69) is 30.4 Å². The Morgan fingerprint density at radius 2 is 2.28 bits per heavy atom. The molecule has 1 unspecified atom stereocenters. The van der Waals surface area contributed by atoms with Gasteiger partial charge in [-0.2, -0.15) is 0 Å². The molecule has 0 aromatic heterocycles. The minimum absolute atomic E-state index is 0.620. The maximum Gasteiger partial charge on any atom is 0.122 e. The highest BCUT2D eigenvalue weighted by Crippen LogP contribution is 2.25. The summed E-state index contributed by atoms with van der Waals surface area (Å²) in [6.07, 6.45) is 3.31. The number of hydrogen-bond donors (Lipinski definition) is 2. The predicted molar refractivity (Wildman–Crippen MR) is 75.1 cm³/mol. The van der Waals surface area contributed by atoms with E-state index in [1.807, 2.05) is 0 Å². The molecule has 18 heavy (non-hydrogen) atoms. The van der Waals surface area contributed by atoms with Gasteiger partial charge < -0.3 is 15.8 Å². The van der Waals surface area contributed by atoms with E-state index in [0.29, 0.717) is 5.92 Å². The van der Waals surface area contributed by atoms with E-state index in [1.165, 1.54) is 11.1 Å². The smallest absolute Gasteiger partial charge is 0.122 e. The summed E-state index contributed by atoms with van der Waals surface area (Å²) < 4.78 is 5.51. The van der Waals surface area contributed by atoms with Crippen LogP contribution in [-0.2, 0) is 12.8 Å². The molecule has 1 aliphatic rings. The van der Waals surface area contributed by atoms with Gasteiger partial charge in [0, 0.05) is 6.42 Å². The van der Waals surface area contributed by atoms with Crippen molar-refractivity contribution < 1.29 is 4.74 Å². The highest BCUT2D eigenvalue weighted by molar-refractivity contribution is 5.39. The van der Waals surface area contributed by atoms with Crippen LogP contribution in [0.3, 0.4) is 0 Å². The lowest BCUT2D eigenvalue weighted by Crippen LogP contribution is -2.22. The van der Waals surface area contributed by atoms with E-state index in [0.717, 1.165) is 51.3 Å². The predicted octanol–water partition coefficient (Wildman–Crippen LogP) is 1.74. The third-order valence-electron chi connectivity index (χ3n) is 3.56. The Bertz CT molecular complexity index is 379. The summed E-state index contributed by atoms with van der Waals surface area (Å²) >= 11 is 0. The lowest BCUT2D eigenvalue weighted by molar-refractivity contribution is 0.357. The van der Waals surface area contributed by atoms with E-state index in [-0.39, 0.29) is 0 Å². The third kappa shape index (κ3) is 3.72. The van der Waals surface area contributed by atoms with Crippen LogP contribution in [0.2, 0.25) is 0 Å². The number of hydrogen-bond acceptors (Lipinski definition) is 3. The van der Waals surface area contributed by atoms with E-state index >= 15 is 0 Å². The summed E-state index contributed by atoms with van der Waals surface area (Å²) in [4.78, 5) is 0. The molecular weight excluding hydrogens is 224 g/mol. The average Bonchev–Trinajstić information content (AvgIpc) is 2.85. The second-order valence-electron chi connectivity index (χ2n) is 5.17. The first-order valence-corrected chi connectivity index (χ1v) is 6.95. The minimum atomic E-state index is 0.620. The molecule has 0 radical (unpaired) electrons. The molecule has 0 spiro atoms. The minimum Gasteiger partial charge on any atom is -0.493 e. The van der Waals surface area contributed by atoms with Crippen molar-refractivity contribution in [2.24, 2.45) is 11.7 Å². The monoisotopic (exact) mass is 248 g/mol. The van der Waals surface area contributed by atoms with Gasteiger partial charge in [-0.15, -0.1) is 0 Å². The van der Waals surface area contributed by atoms with Crippen molar-refractivity contribution in [3.63, 3.8) is 0 Å². The second kappa shape index (κ2) is 6.76. The summed E-state index contributed by atoms with van der Waals surface area (Å²) in [7, 11) is 0. The zero-order valence-corrected chi connectivity index (χ0v) is 11.2. The Morgan fingerprint density at radius 3 is 3.11 bits per heavy atom. The molecule has 1 aromatic rings. The molecule has 1 atom stereocenters. The van der Waals surface area contributed by atoms with Crippen LogP contribution in [0.1, 0.15) is 24.5 Å². The normalized spacial score (nSPS) is 15.2. The van der Waals surface area contributed by atoms with Gasteiger partial charge in [-0.1, -0.05) is 19.1 Å². The van der Waals surface area contributed by atoms with Crippen molar-refractivity contribution in [3.8, 4) is 5.75 Å². The summed E-state index contributed by atoms with van der Waals surface area (Å²) in [5.74, 6) is 1.69. The number of nitrogens with two attached hydrogens (primary N) is 1. The highest BCUT2D eigenvalue weighted by Gasteiger charge is 2.11. The van der Waals surface area contributed by atoms with E-state index < -0.39 is 0 Å². The fourth-order valence-corrected chi connectivity index (χ4v) is 2.22. The van der Waals surface area contributed by atoms with Crippen LogP contribution in [0, 0.1) is 5.92 Å². The van der Waals surface area contributed by atoms with Crippen LogP contribution in [0.4, 0.5) is 0 Å². The van der Waals surface area contributed by atoms with Crippen LogP contribution in [-0.4, -0.2) is 26.2 Å². The zero-order valence-electron chi connectivity index (χ0n) is 11.2. The molecule has 3 nitrogen and oxygen atoms in total. The van der Waals surface area contributed by atoms with Gasteiger partial charge in [-0.3, -0.25) is 0 Å². The molecule has 2 rings (SSSR count). The topological polar surface area (TPSA) is 47.3 Å².